The third-order valence-electron chi connectivity index (χ3n) is 2.55. The van der Waals surface area contributed by atoms with Crippen molar-refractivity contribution >= 4 is 10.0 Å². The molecule has 6 heteroatoms. The minimum atomic E-state index is -3.20. The smallest absolute Gasteiger partial charge is 0.209 e. The number of benzene rings is 1. The molecule has 0 unspecified atom stereocenters. The zero-order valence-electron chi connectivity index (χ0n) is 9.76. The SMILES string of the molecule is COc1ccc2c(c1)C[C@H](NS(C)(=O)=O)CO2. The Bertz CT molecular complexity index is 512. The number of hydrogen-bond acceptors (Lipinski definition) is 4. The van der Waals surface area contributed by atoms with E-state index >= 15 is 0 Å². The van der Waals surface area contributed by atoms with Crippen LogP contribution in [0.1, 0.15) is 5.56 Å². The normalized spacial score (nSPS) is 19.3. The quantitative estimate of drug-likeness (QED) is 0.858. The van der Waals surface area contributed by atoms with Gasteiger partial charge in [-0.1, -0.05) is 0 Å². The van der Waals surface area contributed by atoms with Crippen LogP contribution in [0.3, 0.4) is 0 Å². The average Bonchev–Trinajstić information content (AvgIpc) is 2.26. The monoisotopic (exact) mass is 257 g/mol. The van der Waals surface area contributed by atoms with Crippen LogP contribution < -0.4 is 14.2 Å². The molecule has 17 heavy (non-hydrogen) atoms. The van der Waals surface area contributed by atoms with Crippen LogP contribution in [0.5, 0.6) is 11.5 Å². The molecule has 1 aliphatic rings. The third kappa shape index (κ3) is 3.10. The van der Waals surface area contributed by atoms with Crippen LogP contribution in [0, 0.1) is 0 Å². The largest absolute Gasteiger partial charge is 0.497 e. The van der Waals surface area contributed by atoms with Gasteiger partial charge in [-0.05, 0) is 30.2 Å². The van der Waals surface area contributed by atoms with E-state index in [9.17, 15) is 8.42 Å². The van der Waals surface area contributed by atoms with E-state index < -0.39 is 10.0 Å². The molecule has 1 N–H and O–H groups in total. The minimum Gasteiger partial charge on any atom is -0.497 e. The lowest BCUT2D eigenvalue weighted by Gasteiger charge is -2.25. The summed E-state index contributed by atoms with van der Waals surface area (Å²) >= 11 is 0. The van der Waals surface area contributed by atoms with E-state index in [1.165, 1.54) is 0 Å². The van der Waals surface area contributed by atoms with Crippen molar-refractivity contribution < 1.29 is 17.9 Å². The second-order valence-electron chi connectivity index (χ2n) is 4.08. The van der Waals surface area contributed by atoms with Crippen molar-refractivity contribution in [3.63, 3.8) is 0 Å². The molecule has 2 rings (SSSR count). The number of methoxy groups -OCH3 is 1. The van der Waals surface area contributed by atoms with Gasteiger partial charge in [0.2, 0.25) is 10.0 Å². The van der Waals surface area contributed by atoms with Crippen LogP contribution in [0.2, 0.25) is 0 Å². The molecule has 0 saturated carbocycles. The molecule has 0 amide bonds. The average molecular weight is 257 g/mol. The third-order valence-corrected chi connectivity index (χ3v) is 3.32. The van der Waals surface area contributed by atoms with Crippen LogP contribution in [0.15, 0.2) is 18.2 Å². The van der Waals surface area contributed by atoms with Gasteiger partial charge < -0.3 is 9.47 Å². The summed E-state index contributed by atoms with van der Waals surface area (Å²) in [6.45, 7) is 0.354. The van der Waals surface area contributed by atoms with Gasteiger partial charge in [0, 0.05) is 0 Å². The molecule has 1 aliphatic heterocycles. The van der Waals surface area contributed by atoms with Crippen LogP contribution in [-0.4, -0.2) is 34.4 Å². The second kappa shape index (κ2) is 4.54. The Morgan fingerprint density at radius 2 is 2.24 bits per heavy atom. The van der Waals surface area contributed by atoms with Gasteiger partial charge in [0.05, 0.1) is 19.4 Å². The fourth-order valence-corrected chi connectivity index (χ4v) is 2.63. The maximum atomic E-state index is 11.1. The van der Waals surface area contributed by atoms with Crippen molar-refractivity contribution in [1.29, 1.82) is 0 Å². The van der Waals surface area contributed by atoms with Gasteiger partial charge in [0.15, 0.2) is 0 Å². The predicted octanol–water partition coefficient (Wildman–Crippen LogP) is 0.548. The van der Waals surface area contributed by atoms with E-state index in [1.807, 2.05) is 18.2 Å². The first-order valence-corrected chi connectivity index (χ1v) is 7.14. The van der Waals surface area contributed by atoms with Crippen LogP contribution in [0.25, 0.3) is 0 Å². The first-order valence-electron chi connectivity index (χ1n) is 5.25. The summed E-state index contributed by atoms with van der Waals surface area (Å²) in [5.74, 6) is 1.53. The second-order valence-corrected chi connectivity index (χ2v) is 5.86. The van der Waals surface area contributed by atoms with Crippen LogP contribution in [0.4, 0.5) is 0 Å². The van der Waals surface area contributed by atoms with Gasteiger partial charge in [-0.3, -0.25) is 0 Å². The zero-order valence-corrected chi connectivity index (χ0v) is 10.6. The maximum absolute atomic E-state index is 11.1. The van der Waals surface area contributed by atoms with Gasteiger partial charge in [-0.25, -0.2) is 13.1 Å². The molecule has 94 valence electrons. The summed E-state index contributed by atoms with van der Waals surface area (Å²) in [5.41, 5.74) is 0.955. The Labute approximate surface area is 101 Å². The number of nitrogens with one attached hydrogen (secondary N) is 1. The molecule has 0 aromatic heterocycles. The Balaban J connectivity index is 2.17. The Hall–Kier alpha value is -1.27. The molecule has 0 saturated heterocycles. The van der Waals surface area contributed by atoms with E-state index in [4.69, 9.17) is 9.47 Å². The highest BCUT2D eigenvalue weighted by molar-refractivity contribution is 7.88. The van der Waals surface area contributed by atoms with Crippen LogP contribution in [-0.2, 0) is 16.4 Å². The van der Waals surface area contributed by atoms with Gasteiger partial charge in [-0.2, -0.15) is 0 Å². The summed E-state index contributed by atoms with van der Waals surface area (Å²) in [6.07, 6.45) is 1.76. The van der Waals surface area contributed by atoms with Gasteiger partial charge in [-0.15, -0.1) is 0 Å². The number of fused-ring (bicyclic) bond motifs is 1. The summed E-state index contributed by atoms with van der Waals surface area (Å²) in [7, 11) is -1.61. The topological polar surface area (TPSA) is 64.6 Å². The van der Waals surface area contributed by atoms with E-state index in [2.05, 4.69) is 4.72 Å². The number of hydrogen-bond donors (Lipinski definition) is 1. The highest BCUT2D eigenvalue weighted by Gasteiger charge is 2.22. The van der Waals surface area contributed by atoms with E-state index in [1.54, 1.807) is 7.11 Å². The summed E-state index contributed by atoms with van der Waals surface area (Å²) in [4.78, 5) is 0. The maximum Gasteiger partial charge on any atom is 0.209 e. The summed E-state index contributed by atoms with van der Waals surface area (Å²) < 4.78 is 35.5. The highest BCUT2D eigenvalue weighted by atomic mass is 32.2. The molecule has 0 fully saturated rings. The summed E-state index contributed by atoms with van der Waals surface area (Å²) in [6, 6.07) is 5.31. The number of ether oxygens (including phenoxy) is 2. The molecule has 5 nitrogen and oxygen atoms in total. The first-order chi connectivity index (χ1) is 7.98. The zero-order chi connectivity index (χ0) is 12.5. The summed E-state index contributed by atoms with van der Waals surface area (Å²) in [5, 5.41) is 0. The van der Waals surface area contributed by atoms with Crippen molar-refractivity contribution in [2.24, 2.45) is 0 Å². The molecule has 1 atom stereocenters. The molecular formula is C11H15NO4S. The molecule has 0 spiro atoms. The lowest BCUT2D eigenvalue weighted by molar-refractivity contribution is 0.253. The predicted molar refractivity (Wildman–Crippen MR) is 64.0 cm³/mol. The molecule has 0 aliphatic carbocycles. The molecule has 1 aromatic carbocycles. The van der Waals surface area contributed by atoms with E-state index in [0.717, 1.165) is 23.3 Å². The minimum absolute atomic E-state index is 0.218. The van der Waals surface area contributed by atoms with Crippen LogP contribution >= 0.6 is 0 Å². The number of sulfonamides is 1. The highest BCUT2D eigenvalue weighted by Crippen LogP contribution is 2.28. The van der Waals surface area contributed by atoms with E-state index in [0.29, 0.717) is 13.0 Å². The van der Waals surface area contributed by atoms with E-state index in [-0.39, 0.29) is 6.04 Å². The first kappa shape index (κ1) is 12.2. The van der Waals surface area contributed by atoms with Crippen molar-refractivity contribution in [3.8, 4) is 11.5 Å². The molecule has 1 aromatic rings. The fraction of sp³-hybridized carbons (Fsp3) is 0.455. The Kier molecular flexibility index (Phi) is 3.26. The molecule has 0 bridgehead atoms. The molecule has 0 radical (unpaired) electrons. The Morgan fingerprint density at radius 1 is 1.47 bits per heavy atom. The Morgan fingerprint density at radius 3 is 2.88 bits per heavy atom. The van der Waals surface area contributed by atoms with Gasteiger partial charge >= 0.3 is 0 Å². The standard InChI is InChI=1S/C11H15NO4S/c1-15-10-3-4-11-8(6-10)5-9(7-16-11)12-17(2,13)14/h3-4,6,9,12H,5,7H2,1-2H3/t9-/m0/s1. The fourth-order valence-electron chi connectivity index (χ4n) is 1.88. The lowest BCUT2D eigenvalue weighted by Crippen LogP contribution is -2.42. The van der Waals surface area contributed by atoms with Gasteiger partial charge in [0.1, 0.15) is 18.1 Å². The number of rotatable bonds is 3. The molecule has 1 heterocycles. The molecular weight excluding hydrogens is 242 g/mol. The van der Waals surface area contributed by atoms with Gasteiger partial charge in [0.25, 0.3) is 0 Å². The van der Waals surface area contributed by atoms with Crippen molar-refractivity contribution in [2.45, 2.75) is 12.5 Å². The van der Waals surface area contributed by atoms with Crippen molar-refractivity contribution in [1.82, 2.24) is 4.72 Å². The van der Waals surface area contributed by atoms with Crippen molar-refractivity contribution in [3.05, 3.63) is 23.8 Å². The lowest BCUT2D eigenvalue weighted by atomic mass is 10.0. The van der Waals surface area contributed by atoms with Crippen molar-refractivity contribution in [2.75, 3.05) is 20.0 Å².